The number of carbonyl (C=O) groups excluding carboxylic acids is 1. The number of hydrogen-bond acceptors (Lipinski definition) is 5. The summed E-state index contributed by atoms with van der Waals surface area (Å²) in [6.45, 7) is -1.16. The molecule has 1 saturated carbocycles. The lowest BCUT2D eigenvalue weighted by Gasteiger charge is -2.48. The number of benzene rings is 3. The van der Waals surface area contributed by atoms with Crippen LogP contribution in [0.5, 0.6) is 0 Å². The van der Waals surface area contributed by atoms with Crippen LogP contribution in [0.15, 0.2) is 71.6 Å². The monoisotopic (exact) mass is 721 g/mol. The number of sulfone groups is 1. The number of morpholine rings is 1. The fourth-order valence-corrected chi connectivity index (χ4v) is 9.24. The van der Waals surface area contributed by atoms with Crippen molar-refractivity contribution in [3.63, 3.8) is 0 Å². The lowest BCUT2D eigenvalue weighted by molar-refractivity contribution is -0.392. The maximum Gasteiger partial charge on any atom is 0.430 e. The summed E-state index contributed by atoms with van der Waals surface area (Å²) in [6, 6.07) is 8.18. The van der Waals surface area contributed by atoms with Crippen LogP contribution in [0.4, 0.5) is 39.5 Å². The van der Waals surface area contributed by atoms with Crippen LogP contribution in [-0.2, 0) is 41.1 Å². The predicted molar refractivity (Wildman–Crippen MR) is 154 cm³/mol. The Morgan fingerprint density at radius 2 is 1.35 bits per heavy atom. The van der Waals surface area contributed by atoms with Gasteiger partial charge in [0, 0.05) is 30.1 Å². The molecule has 2 bridgehead atoms. The molecule has 0 radical (unpaired) electrons. The van der Waals surface area contributed by atoms with E-state index in [0.29, 0.717) is 37.4 Å². The molecule has 0 N–H and O–H groups in total. The number of hydrogen-bond donors (Lipinski definition) is 0. The van der Waals surface area contributed by atoms with Gasteiger partial charge in [-0.05, 0) is 67.6 Å². The third kappa shape index (κ3) is 5.88. The molecule has 3 aliphatic rings. The van der Waals surface area contributed by atoms with Gasteiger partial charge >= 0.3 is 12.4 Å². The van der Waals surface area contributed by atoms with E-state index in [0.717, 1.165) is 55.3 Å². The Kier molecular flexibility index (Phi) is 8.84. The largest absolute Gasteiger partial charge is 0.430 e. The van der Waals surface area contributed by atoms with E-state index in [1.54, 1.807) is 4.90 Å². The second-order valence-electron chi connectivity index (χ2n) is 12.5. The van der Waals surface area contributed by atoms with Crippen LogP contribution in [0.3, 0.4) is 0 Å². The summed E-state index contributed by atoms with van der Waals surface area (Å²) in [4.78, 5) is 14.7. The minimum atomic E-state index is -6.21. The molecule has 6 rings (SSSR count). The number of amides is 1. The lowest BCUT2D eigenvalue weighted by Crippen LogP contribution is -2.56. The Balaban J connectivity index is 1.38. The van der Waals surface area contributed by atoms with Gasteiger partial charge in [0.15, 0.2) is 9.84 Å². The van der Waals surface area contributed by atoms with Crippen LogP contribution in [0, 0.1) is 23.4 Å². The first-order valence-electron chi connectivity index (χ1n) is 15.2. The summed E-state index contributed by atoms with van der Waals surface area (Å²) in [7, 11) is -4.52. The number of rotatable bonds is 8. The average molecular weight is 722 g/mol. The maximum absolute atomic E-state index is 14.5. The van der Waals surface area contributed by atoms with E-state index < -0.39 is 73.6 Å². The van der Waals surface area contributed by atoms with Gasteiger partial charge < -0.3 is 14.4 Å². The van der Waals surface area contributed by atoms with Crippen LogP contribution in [0.2, 0.25) is 0 Å². The van der Waals surface area contributed by atoms with Crippen LogP contribution in [0.1, 0.15) is 42.4 Å². The Labute approximate surface area is 274 Å². The van der Waals surface area contributed by atoms with Gasteiger partial charge in [-0.3, -0.25) is 4.79 Å². The number of halogens is 9. The molecular weight excluding hydrogens is 693 g/mol. The van der Waals surface area contributed by atoms with Crippen molar-refractivity contribution in [2.24, 2.45) is 5.92 Å². The minimum Gasteiger partial charge on any atom is -0.371 e. The standard InChI is InChI=1S/C33H28F9NO5S/c34-22-8-12-25(13-9-22)49(45,46)30(14-19(15-30)29(44)43-16-23-10-11-24(17-43)48-23)20-4-6-21(7-5-20)31(32(37,38)39,33(40,41)42)47-18-26-27(35)2-1-3-28(26)36/h1-9,12-13,19,23-24H,10-11,14-18H2. The van der Waals surface area contributed by atoms with Crippen molar-refractivity contribution < 1.29 is 62.2 Å². The van der Waals surface area contributed by atoms with Gasteiger partial charge in [-0.25, -0.2) is 21.6 Å². The number of carbonyl (C=O) groups is 1. The average Bonchev–Trinajstić information content (AvgIpc) is 3.34. The highest BCUT2D eigenvalue weighted by Crippen LogP contribution is 2.57. The lowest BCUT2D eigenvalue weighted by atomic mass is 9.69. The molecule has 2 saturated heterocycles. The molecule has 3 aromatic carbocycles. The maximum atomic E-state index is 14.5. The van der Waals surface area contributed by atoms with Crippen molar-refractivity contribution in [3.05, 3.63) is 101 Å². The summed E-state index contributed by atoms with van der Waals surface area (Å²) in [5.74, 6) is -4.83. The molecule has 264 valence electrons. The third-order valence-electron chi connectivity index (χ3n) is 9.61. The zero-order valence-electron chi connectivity index (χ0n) is 25.3. The number of nitrogens with zero attached hydrogens (tertiary/aromatic N) is 1. The van der Waals surface area contributed by atoms with E-state index >= 15 is 0 Å². The Bertz CT molecular complexity index is 1780. The van der Waals surface area contributed by atoms with Crippen molar-refractivity contribution in [1.29, 1.82) is 0 Å². The molecule has 1 aliphatic carbocycles. The molecule has 0 aromatic heterocycles. The van der Waals surface area contributed by atoms with Gasteiger partial charge in [-0.1, -0.05) is 30.3 Å². The predicted octanol–water partition coefficient (Wildman–Crippen LogP) is 7.11. The van der Waals surface area contributed by atoms with Gasteiger partial charge in [0.2, 0.25) is 5.91 Å². The van der Waals surface area contributed by atoms with E-state index in [2.05, 4.69) is 4.74 Å². The summed E-state index contributed by atoms with van der Waals surface area (Å²) < 4.78 is 165. The van der Waals surface area contributed by atoms with Crippen molar-refractivity contribution in [3.8, 4) is 0 Å². The highest BCUT2D eigenvalue weighted by atomic mass is 32.2. The summed E-state index contributed by atoms with van der Waals surface area (Å²) in [5.41, 5.74) is -7.99. The number of fused-ring (bicyclic) bond motifs is 2. The third-order valence-corrected chi connectivity index (χ3v) is 12.1. The van der Waals surface area contributed by atoms with Crippen molar-refractivity contribution >= 4 is 15.7 Å². The molecule has 0 spiro atoms. The van der Waals surface area contributed by atoms with Gasteiger partial charge in [0.1, 0.15) is 22.2 Å². The SMILES string of the molecule is O=C(C1CC(c2ccc(C(OCc3c(F)cccc3F)(C(F)(F)F)C(F)(F)F)cc2)(S(=O)(=O)c2ccc(F)cc2)C1)N1CC2CCC(C1)O2. The second-order valence-corrected chi connectivity index (χ2v) is 14.8. The molecule has 2 heterocycles. The van der Waals surface area contributed by atoms with Crippen molar-refractivity contribution in [2.75, 3.05) is 13.1 Å². The van der Waals surface area contributed by atoms with Gasteiger partial charge in [0.05, 0.1) is 23.7 Å². The van der Waals surface area contributed by atoms with Crippen molar-refractivity contribution in [2.45, 2.75) is 72.1 Å². The number of ether oxygens (including phenoxy) is 2. The molecule has 3 aromatic rings. The molecule has 2 atom stereocenters. The topological polar surface area (TPSA) is 72.9 Å². The first-order chi connectivity index (χ1) is 22.9. The van der Waals surface area contributed by atoms with E-state index in [-0.39, 0.29) is 41.4 Å². The highest BCUT2D eigenvalue weighted by molar-refractivity contribution is 7.92. The Morgan fingerprint density at radius 3 is 1.86 bits per heavy atom. The molecular formula is C33H28F9NO5S. The van der Waals surface area contributed by atoms with Gasteiger partial charge in [-0.2, -0.15) is 26.3 Å². The minimum absolute atomic E-state index is 0.164. The van der Waals surface area contributed by atoms with E-state index in [4.69, 9.17) is 4.74 Å². The van der Waals surface area contributed by atoms with Crippen LogP contribution in [0.25, 0.3) is 0 Å². The summed E-state index contributed by atoms with van der Waals surface area (Å²) in [6.07, 6.45) is -12.0. The Morgan fingerprint density at radius 1 is 0.816 bits per heavy atom. The molecule has 3 fully saturated rings. The molecule has 16 heteroatoms. The van der Waals surface area contributed by atoms with Crippen molar-refractivity contribution in [1.82, 2.24) is 4.90 Å². The van der Waals surface area contributed by atoms with Crippen LogP contribution < -0.4 is 0 Å². The molecule has 1 amide bonds. The quantitative estimate of drug-likeness (QED) is 0.183. The molecule has 49 heavy (non-hydrogen) atoms. The van der Waals surface area contributed by atoms with E-state index in [9.17, 15) is 52.7 Å². The van der Waals surface area contributed by atoms with E-state index in [1.165, 1.54) is 0 Å². The Hall–Kier alpha value is -3.63. The highest BCUT2D eigenvalue weighted by Gasteiger charge is 2.73. The van der Waals surface area contributed by atoms with Gasteiger partial charge in [0.25, 0.3) is 5.60 Å². The molecule has 6 nitrogen and oxygen atoms in total. The summed E-state index contributed by atoms with van der Waals surface area (Å²) >= 11 is 0. The fraction of sp³-hybridized carbons (Fsp3) is 0.424. The first kappa shape index (κ1) is 35.2. The zero-order chi connectivity index (χ0) is 35.6. The zero-order valence-corrected chi connectivity index (χ0v) is 26.1. The smallest absolute Gasteiger partial charge is 0.371 e. The fourth-order valence-electron chi connectivity index (χ4n) is 7.01. The number of alkyl halides is 6. The first-order valence-corrected chi connectivity index (χ1v) is 16.6. The van der Waals surface area contributed by atoms with Crippen LogP contribution >= 0.6 is 0 Å². The molecule has 2 aliphatic heterocycles. The summed E-state index contributed by atoms with van der Waals surface area (Å²) in [5, 5.41) is 0. The molecule has 2 unspecified atom stereocenters. The number of likely N-dealkylation sites (tertiary alicyclic amines) is 1. The normalized spacial score (nSPS) is 24.5. The van der Waals surface area contributed by atoms with E-state index in [1.807, 2.05) is 0 Å². The van der Waals surface area contributed by atoms with Gasteiger partial charge in [-0.15, -0.1) is 0 Å². The van der Waals surface area contributed by atoms with Crippen LogP contribution in [-0.4, -0.2) is 56.9 Å². The second kappa shape index (κ2) is 12.3.